The van der Waals surface area contributed by atoms with Crippen LogP contribution in [0.4, 0.5) is 4.39 Å². The molecule has 0 aliphatic carbocycles. The molecule has 0 saturated carbocycles. The third-order valence-electron chi connectivity index (χ3n) is 4.53. The van der Waals surface area contributed by atoms with E-state index in [4.69, 9.17) is 14.2 Å². The summed E-state index contributed by atoms with van der Waals surface area (Å²) in [6, 6.07) is 13.2. The van der Waals surface area contributed by atoms with Crippen LogP contribution in [0.3, 0.4) is 0 Å². The van der Waals surface area contributed by atoms with Gasteiger partial charge in [0.25, 0.3) is 0 Å². The molecule has 3 rings (SSSR count). The second kappa shape index (κ2) is 8.56. The van der Waals surface area contributed by atoms with Crippen molar-refractivity contribution in [1.29, 1.82) is 0 Å². The van der Waals surface area contributed by atoms with Gasteiger partial charge in [0.2, 0.25) is 0 Å². The van der Waals surface area contributed by atoms with E-state index in [0.29, 0.717) is 11.5 Å². The van der Waals surface area contributed by atoms with Crippen LogP contribution in [0.15, 0.2) is 42.5 Å². The van der Waals surface area contributed by atoms with Gasteiger partial charge in [0.15, 0.2) is 6.29 Å². The highest BCUT2D eigenvalue weighted by Crippen LogP contribution is 2.29. The highest BCUT2D eigenvalue weighted by Gasteiger charge is 2.22. The predicted molar refractivity (Wildman–Crippen MR) is 95.6 cm³/mol. The lowest BCUT2D eigenvalue weighted by Gasteiger charge is -2.29. The average molecular weight is 344 g/mol. The zero-order valence-corrected chi connectivity index (χ0v) is 14.8. The van der Waals surface area contributed by atoms with Crippen molar-refractivity contribution in [2.45, 2.75) is 32.7 Å². The van der Waals surface area contributed by atoms with Crippen molar-refractivity contribution in [3.63, 3.8) is 0 Å². The van der Waals surface area contributed by atoms with Crippen molar-refractivity contribution in [3.8, 4) is 11.1 Å². The van der Waals surface area contributed by atoms with E-state index >= 15 is 0 Å². The first-order chi connectivity index (χ1) is 12.2. The fourth-order valence-electron chi connectivity index (χ4n) is 3.14. The molecule has 2 aromatic rings. The smallest absolute Gasteiger partial charge is 0.183 e. The van der Waals surface area contributed by atoms with Crippen molar-refractivity contribution < 1.29 is 18.6 Å². The number of hydrogen-bond donors (Lipinski definition) is 0. The Hall–Kier alpha value is -1.75. The van der Waals surface area contributed by atoms with E-state index in [0.717, 1.165) is 42.7 Å². The zero-order valence-electron chi connectivity index (χ0n) is 14.8. The molecule has 1 aliphatic rings. The second-order valence-electron chi connectivity index (χ2n) is 6.51. The highest BCUT2D eigenvalue weighted by atomic mass is 19.1. The van der Waals surface area contributed by atoms with Crippen LogP contribution in [-0.4, -0.2) is 20.3 Å². The van der Waals surface area contributed by atoms with Gasteiger partial charge in [0.1, 0.15) is 5.82 Å². The van der Waals surface area contributed by atoms with Crippen LogP contribution in [-0.2, 0) is 20.8 Å². The average Bonchev–Trinajstić information content (AvgIpc) is 2.65. The Balaban J connectivity index is 1.67. The Morgan fingerprint density at radius 2 is 1.72 bits per heavy atom. The van der Waals surface area contributed by atoms with E-state index in [2.05, 4.69) is 6.92 Å². The summed E-state index contributed by atoms with van der Waals surface area (Å²) in [7, 11) is 1.56. The van der Waals surface area contributed by atoms with E-state index in [9.17, 15) is 4.39 Å². The molecule has 0 bridgehead atoms. The van der Waals surface area contributed by atoms with Gasteiger partial charge >= 0.3 is 0 Å². The number of methoxy groups -OCH3 is 1. The molecule has 0 unspecified atom stereocenters. The van der Waals surface area contributed by atoms with Crippen LogP contribution in [0, 0.1) is 11.7 Å². The molecule has 134 valence electrons. The standard InChI is InChI=1S/C21H25FO3/c1-3-4-15-12-24-21(25-13-15)17-7-5-16(6-8-17)18-9-10-19(14-23-2)20(22)11-18/h5-11,15,21H,3-4,12-14H2,1-2H3/t15-,21-. The molecular weight excluding hydrogens is 319 g/mol. The van der Waals surface area contributed by atoms with E-state index in [1.54, 1.807) is 19.2 Å². The minimum Gasteiger partial charge on any atom is -0.380 e. The summed E-state index contributed by atoms with van der Waals surface area (Å²) in [4.78, 5) is 0. The topological polar surface area (TPSA) is 27.7 Å². The summed E-state index contributed by atoms with van der Waals surface area (Å²) in [5.41, 5.74) is 3.37. The lowest BCUT2D eigenvalue weighted by molar-refractivity contribution is -0.206. The normalized spacial score (nSPS) is 20.6. The minimum atomic E-state index is -0.303. The first-order valence-electron chi connectivity index (χ1n) is 8.82. The molecule has 0 atom stereocenters. The third kappa shape index (κ3) is 4.46. The number of ether oxygens (including phenoxy) is 3. The molecule has 0 N–H and O–H groups in total. The van der Waals surface area contributed by atoms with Gasteiger partial charge in [-0.25, -0.2) is 4.39 Å². The third-order valence-corrected chi connectivity index (χ3v) is 4.53. The van der Waals surface area contributed by atoms with Gasteiger partial charge in [-0.15, -0.1) is 0 Å². The number of halogens is 1. The molecule has 0 amide bonds. The molecular formula is C21H25FO3. The molecule has 3 nitrogen and oxygen atoms in total. The Morgan fingerprint density at radius 1 is 1.04 bits per heavy atom. The summed E-state index contributed by atoms with van der Waals surface area (Å²) in [6.07, 6.45) is 1.98. The van der Waals surface area contributed by atoms with Crippen molar-refractivity contribution in [2.75, 3.05) is 20.3 Å². The van der Waals surface area contributed by atoms with Crippen molar-refractivity contribution in [2.24, 2.45) is 5.92 Å². The molecule has 0 radical (unpaired) electrons. The second-order valence-corrected chi connectivity index (χ2v) is 6.51. The zero-order chi connectivity index (χ0) is 17.6. The van der Waals surface area contributed by atoms with Crippen molar-refractivity contribution in [3.05, 3.63) is 59.4 Å². The van der Waals surface area contributed by atoms with Gasteiger partial charge in [0, 0.05) is 24.2 Å². The van der Waals surface area contributed by atoms with E-state index in [1.165, 1.54) is 0 Å². The van der Waals surface area contributed by atoms with Gasteiger partial charge < -0.3 is 14.2 Å². The Kier molecular flexibility index (Phi) is 6.19. The van der Waals surface area contributed by atoms with E-state index < -0.39 is 0 Å². The summed E-state index contributed by atoms with van der Waals surface area (Å²) < 4.78 is 30.7. The van der Waals surface area contributed by atoms with Gasteiger partial charge in [-0.05, 0) is 23.6 Å². The number of rotatable bonds is 6. The first kappa shape index (κ1) is 18.1. The Morgan fingerprint density at radius 3 is 2.32 bits per heavy atom. The molecule has 0 aromatic heterocycles. The largest absolute Gasteiger partial charge is 0.380 e. The summed E-state index contributed by atoms with van der Waals surface area (Å²) >= 11 is 0. The van der Waals surface area contributed by atoms with Gasteiger partial charge in [-0.1, -0.05) is 49.7 Å². The van der Waals surface area contributed by atoms with E-state index in [-0.39, 0.29) is 18.7 Å². The maximum atomic E-state index is 14.1. The van der Waals surface area contributed by atoms with Gasteiger partial charge in [-0.2, -0.15) is 0 Å². The molecule has 1 fully saturated rings. The Bertz CT molecular complexity index is 676. The van der Waals surface area contributed by atoms with E-state index in [1.807, 2.05) is 30.3 Å². The molecule has 1 saturated heterocycles. The molecule has 2 aromatic carbocycles. The van der Waals surface area contributed by atoms with Crippen molar-refractivity contribution in [1.82, 2.24) is 0 Å². The summed E-state index contributed by atoms with van der Waals surface area (Å²) in [5, 5.41) is 0. The molecule has 4 heteroatoms. The van der Waals surface area contributed by atoms with Gasteiger partial charge in [0.05, 0.1) is 19.8 Å². The van der Waals surface area contributed by atoms with Gasteiger partial charge in [-0.3, -0.25) is 0 Å². The van der Waals surface area contributed by atoms with Crippen LogP contribution in [0.1, 0.15) is 37.2 Å². The SMILES string of the molecule is CCC[C@H]1CO[C@H](c2ccc(-c3ccc(COC)c(F)c3)cc2)OC1. The maximum Gasteiger partial charge on any atom is 0.183 e. The molecule has 1 heterocycles. The Labute approximate surface area is 148 Å². The highest BCUT2D eigenvalue weighted by molar-refractivity contribution is 5.64. The minimum absolute atomic E-state index is 0.246. The van der Waals surface area contributed by atoms with Crippen molar-refractivity contribution >= 4 is 0 Å². The van der Waals surface area contributed by atoms with Crippen LogP contribution < -0.4 is 0 Å². The van der Waals surface area contributed by atoms with Crippen LogP contribution >= 0.6 is 0 Å². The van der Waals surface area contributed by atoms with Crippen LogP contribution in [0.5, 0.6) is 0 Å². The molecule has 0 spiro atoms. The fraction of sp³-hybridized carbons (Fsp3) is 0.429. The molecule has 1 aliphatic heterocycles. The summed E-state index contributed by atoms with van der Waals surface area (Å²) in [5.74, 6) is 0.249. The van der Waals surface area contributed by atoms with Crippen LogP contribution in [0.2, 0.25) is 0 Å². The quantitative estimate of drug-likeness (QED) is 0.729. The number of hydrogen-bond acceptors (Lipinski definition) is 3. The number of benzene rings is 2. The maximum absolute atomic E-state index is 14.1. The van der Waals surface area contributed by atoms with Crippen LogP contribution in [0.25, 0.3) is 11.1 Å². The first-order valence-corrected chi connectivity index (χ1v) is 8.82. The fourth-order valence-corrected chi connectivity index (χ4v) is 3.14. The monoisotopic (exact) mass is 344 g/mol. The molecule has 25 heavy (non-hydrogen) atoms. The lowest BCUT2D eigenvalue weighted by atomic mass is 10.0. The predicted octanol–water partition coefficient (Wildman–Crippen LogP) is 5.10. The summed E-state index contributed by atoms with van der Waals surface area (Å²) in [6.45, 7) is 3.94. The lowest BCUT2D eigenvalue weighted by Crippen LogP contribution is -2.26.